The molecule has 0 radical (unpaired) electrons. The highest BCUT2D eigenvalue weighted by molar-refractivity contribution is 6.30. The number of carbonyl (C=O) groups is 1. The molecule has 1 atom stereocenters. The van der Waals surface area contributed by atoms with Gasteiger partial charge in [0.1, 0.15) is 6.54 Å². The van der Waals surface area contributed by atoms with Gasteiger partial charge in [0.2, 0.25) is 0 Å². The van der Waals surface area contributed by atoms with Crippen LogP contribution in [0.5, 0.6) is 0 Å². The number of likely N-dealkylation sites (N-methyl/N-ethyl adjacent to an activating group) is 1. The van der Waals surface area contributed by atoms with Crippen LogP contribution in [0.15, 0.2) is 48.5 Å². The Kier molecular flexibility index (Phi) is 14.9. The van der Waals surface area contributed by atoms with Crippen molar-refractivity contribution in [2.24, 2.45) is 5.73 Å². The molecule has 0 aliphatic carbocycles. The molecule has 0 heterocycles. The van der Waals surface area contributed by atoms with Crippen molar-refractivity contribution < 1.29 is 42.7 Å². The summed E-state index contributed by atoms with van der Waals surface area (Å²) >= 11 is 6.18. The van der Waals surface area contributed by atoms with Crippen LogP contribution in [0, 0.1) is 11.3 Å². The predicted molar refractivity (Wildman–Crippen MR) is 136 cm³/mol. The Balaban J connectivity index is 0.00000612. The van der Waals surface area contributed by atoms with Crippen LogP contribution in [-0.2, 0) is 15.9 Å². The fraction of sp³-hybridized carbons (Fsp3) is 0.462. The van der Waals surface area contributed by atoms with Crippen LogP contribution in [0.4, 0.5) is 10.5 Å². The number of hydrogen-bond donors (Lipinski definition) is 1. The van der Waals surface area contributed by atoms with Gasteiger partial charge in [0.15, 0.2) is 0 Å². The number of ether oxygens (including phenoxy) is 2. The molecule has 2 aromatic carbocycles. The molecule has 1 unspecified atom stereocenters. The second-order valence-corrected chi connectivity index (χ2v) is 8.75. The first-order chi connectivity index (χ1) is 16.4. The lowest BCUT2D eigenvalue weighted by molar-refractivity contribution is -0.926. The maximum Gasteiger partial charge on any atom is 0.319 e. The highest BCUT2D eigenvalue weighted by Gasteiger charge is 2.26. The van der Waals surface area contributed by atoms with E-state index in [0.717, 1.165) is 48.5 Å². The van der Waals surface area contributed by atoms with E-state index in [9.17, 15) is 4.79 Å². The lowest BCUT2D eigenvalue weighted by Crippen LogP contribution is -3.00. The second-order valence-electron chi connectivity index (χ2n) is 8.32. The van der Waals surface area contributed by atoms with E-state index in [4.69, 9.17) is 32.1 Å². The van der Waals surface area contributed by atoms with Gasteiger partial charge in [-0.3, -0.25) is 4.90 Å². The van der Waals surface area contributed by atoms with Crippen molar-refractivity contribution in [3.63, 3.8) is 0 Å². The van der Waals surface area contributed by atoms with E-state index in [1.54, 1.807) is 36.3 Å². The number of methoxy groups -OCH3 is 1. The smallest absolute Gasteiger partial charge is 0.319 e. The molecule has 9 heteroatoms. The quantitative estimate of drug-likeness (QED) is 0.186. The summed E-state index contributed by atoms with van der Waals surface area (Å²) < 4.78 is 11.7. The lowest BCUT2D eigenvalue weighted by atomic mass is 10.1. The van der Waals surface area contributed by atoms with E-state index < -0.39 is 6.03 Å². The zero-order valence-electron chi connectivity index (χ0n) is 20.6. The van der Waals surface area contributed by atoms with Crippen molar-refractivity contribution in [2.45, 2.75) is 19.8 Å². The first-order valence-corrected chi connectivity index (χ1v) is 12.0. The molecule has 0 bridgehead atoms. The van der Waals surface area contributed by atoms with Crippen LogP contribution >= 0.6 is 11.6 Å². The molecule has 35 heavy (non-hydrogen) atoms. The zero-order chi connectivity index (χ0) is 24.8. The van der Waals surface area contributed by atoms with Gasteiger partial charge in [-0.05, 0) is 48.9 Å². The van der Waals surface area contributed by atoms with Gasteiger partial charge in [-0.1, -0.05) is 23.7 Å². The molecule has 0 saturated heterocycles. The Labute approximate surface area is 231 Å². The molecule has 192 valence electrons. The topological polar surface area (TPSA) is 88.6 Å². The van der Waals surface area contributed by atoms with Gasteiger partial charge in [0, 0.05) is 37.2 Å². The highest BCUT2D eigenvalue weighted by atomic mass is 127. The van der Waals surface area contributed by atoms with Gasteiger partial charge >= 0.3 is 6.03 Å². The summed E-state index contributed by atoms with van der Waals surface area (Å²) in [5.41, 5.74) is 8.12. The summed E-state index contributed by atoms with van der Waals surface area (Å²) in [5, 5.41) is 9.76. The molecule has 7 nitrogen and oxygen atoms in total. The number of hydrogen-bond acceptors (Lipinski definition) is 4. The number of halogens is 2. The minimum Gasteiger partial charge on any atom is -1.00 e. The van der Waals surface area contributed by atoms with Crippen LogP contribution in [0.25, 0.3) is 0 Å². The number of anilines is 1. The standard InChI is InChI=1S/C26H35ClN4O3.HI/c1-3-31(16-17-34-19-18-33-2,15-12-22-6-4-7-24(27)20-22)14-5-13-30(26(29)32)25-10-8-23(21-28)9-11-25;/h4,6-11,20H,3,5,12-19H2,1-2H3,(H-,29,32);1H. The summed E-state index contributed by atoms with van der Waals surface area (Å²) in [6, 6.07) is 16.5. The summed E-state index contributed by atoms with van der Waals surface area (Å²) in [4.78, 5) is 13.7. The summed E-state index contributed by atoms with van der Waals surface area (Å²) in [6.45, 7) is 8.12. The number of carbonyl (C=O) groups excluding carboxylic acids is 1. The molecule has 2 rings (SSSR count). The summed E-state index contributed by atoms with van der Waals surface area (Å²) in [6.07, 6.45) is 1.69. The van der Waals surface area contributed by atoms with Crippen molar-refractivity contribution >= 4 is 23.3 Å². The molecular weight excluding hydrogens is 579 g/mol. The number of nitriles is 1. The summed E-state index contributed by atoms with van der Waals surface area (Å²) in [5.74, 6) is 0. The van der Waals surface area contributed by atoms with Gasteiger partial charge in [-0.2, -0.15) is 5.26 Å². The zero-order valence-corrected chi connectivity index (χ0v) is 23.5. The van der Waals surface area contributed by atoms with Gasteiger partial charge in [0.05, 0.1) is 51.1 Å². The monoisotopic (exact) mass is 614 g/mol. The third-order valence-electron chi connectivity index (χ3n) is 6.16. The molecule has 2 N–H and O–H groups in total. The molecular formula is C26H36ClIN4O3. The van der Waals surface area contributed by atoms with E-state index in [0.29, 0.717) is 37.6 Å². The average molecular weight is 615 g/mol. The Bertz CT molecular complexity index is 939. The first-order valence-electron chi connectivity index (χ1n) is 11.7. The van der Waals surface area contributed by atoms with Crippen molar-refractivity contribution in [3.05, 3.63) is 64.7 Å². The van der Waals surface area contributed by atoms with Crippen LogP contribution in [0.2, 0.25) is 5.02 Å². The summed E-state index contributed by atoms with van der Waals surface area (Å²) in [7, 11) is 1.67. The first kappa shape index (κ1) is 31.1. The minimum absolute atomic E-state index is 0. The molecule has 2 aromatic rings. The number of rotatable bonds is 15. The van der Waals surface area contributed by atoms with E-state index in [-0.39, 0.29) is 24.0 Å². The fourth-order valence-electron chi connectivity index (χ4n) is 4.02. The van der Waals surface area contributed by atoms with Crippen molar-refractivity contribution in [2.75, 3.05) is 64.6 Å². The molecule has 0 aromatic heterocycles. The van der Waals surface area contributed by atoms with E-state index >= 15 is 0 Å². The van der Waals surface area contributed by atoms with Gasteiger partial charge in [-0.25, -0.2) is 4.79 Å². The van der Waals surface area contributed by atoms with Gasteiger partial charge in [-0.15, -0.1) is 0 Å². The predicted octanol–water partition coefficient (Wildman–Crippen LogP) is 1.23. The highest BCUT2D eigenvalue weighted by Crippen LogP contribution is 2.18. The van der Waals surface area contributed by atoms with E-state index in [2.05, 4.69) is 19.1 Å². The number of amides is 2. The largest absolute Gasteiger partial charge is 1.00 e. The number of quaternary nitrogens is 1. The molecule has 0 spiro atoms. The van der Waals surface area contributed by atoms with Crippen molar-refractivity contribution in [3.8, 4) is 6.07 Å². The Morgan fingerprint density at radius 3 is 2.46 bits per heavy atom. The molecule has 0 saturated carbocycles. The number of primary amides is 1. The number of urea groups is 1. The average Bonchev–Trinajstić information content (AvgIpc) is 2.84. The van der Waals surface area contributed by atoms with Crippen molar-refractivity contribution in [1.29, 1.82) is 5.26 Å². The van der Waals surface area contributed by atoms with Crippen molar-refractivity contribution in [1.82, 2.24) is 0 Å². The Morgan fingerprint density at radius 1 is 1.11 bits per heavy atom. The number of benzene rings is 2. The third-order valence-corrected chi connectivity index (χ3v) is 6.40. The Morgan fingerprint density at radius 2 is 1.86 bits per heavy atom. The normalized spacial score (nSPS) is 12.3. The fourth-order valence-corrected chi connectivity index (χ4v) is 4.23. The van der Waals surface area contributed by atoms with E-state index in [1.165, 1.54) is 5.56 Å². The molecule has 0 aliphatic heterocycles. The van der Waals surface area contributed by atoms with Crippen LogP contribution in [0.3, 0.4) is 0 Å². The maximum atomic E-state index is 12.1. The van der Waals surface area contributed by atoms with Crippen LogP contribution in [-0.4, -0.2) is 70.2 Å². The Hall–Kier alpha value is -1.90. The molecule has 0 aliphatic rings. The van der Waals surface area contributed by atoms with Gasteiger partial charge < -0.3 is 43.7 Å². The molecule has 0 fully saturated rings. The SMILES string of the molecule is CC[N+](CCCN(C(N)=O)c1ccc(C#N)cc1)(CCOCCOC)CCc1cccc(Cl)c1.[I-]. The number of nitrogens with zero attached hydrogens (tertiary/aromatic N) is 3. The van der Waals surface area contributed by atoms with Gasteiger partial charge in [0.25, 0.3) is 0 Å². The van der Waals surface area contributed by atoms with E-state index in [1.807, 2.05) is 18.2 Å². The number of nitrogens with two attached hydrogens (primary N) is 1. The minimum atomic E-state index is -0.499. The second kappa shape index (κ2) is 16.7. The maximum absolute atomic E-state index is 12.1. The lowest BCUT2D eigenvalue weighted by Gasteiger charge is -2.38. The third kappa shape index (κ3) is 10.7. The molecule has 2 amide bonds. The van der Waals surface area contributed by atoms with Crippen LogP contribution in [0.1, 0.15) is 24.5 Å². The van der Waals surface area contributed by atoms with Crippen LogP contribution < -0.4 is 34.6 Å².